The molecule has 2 aliphatic heterocycles. The molecule has 0 unspecified atom stereocenters. The Hall–Kier alpha value is -3.30. The molecule has 2 aliphatic rings. The molecule has 3 aromatic rings. The van der Waals surface area contributed by atoms with E-state index in [0.29, 0.717) is 18.2 Å². The van der Waals surface area contributed by atoms with E-state index in [0.717, 1.165) is 64.6 Å². The van der Waals surface area contributed by atoms with Crippen molar-refractivity contribution in [1.82, 2.24) is 24.8 Å². The van der Waals surface area contributed by atoms with Crippen LogP contribution in [0.3, 0.4) is 0 Å². The average Bonchev–Trinajstić information content (AvgIpc) is 2.86. The second kappa shape index (κ2) is 10.3. The summed E-state index contributed by atoms with van der Waals surface area (Å²) < 4.78 is 14.1. The molecule has 8 nitrogen and oxygen atoms in total. The number of para-hydroxylation sites is 1. The number of hydrogen-bond donors (Lipinski definition) is 1. The van der Waals surface area contributed by atoms with Crippen molar-refractivity contribution in [3.05, 3.63) is 82.3 Å². The minimum absolute atomic E-state index is 0.121. The minimum Gasteiger partial charge on any atom is -0.367 e. The summed E-state index contributed by atoms with van der Waals surface area (Å²) in [5.41, 5.74) is 2.57. The topological polar surface area (TPSA) is 71.6 Å². The molecule has 0 bridgehead atoms. The standard InChI is InChI=1S/C25H30FN7O/c26-22-3-1-2-4-23(22)32-13-9-31(10-14-32)19-21-17-24(34)29-25(28-21)33-15-11-30(12-16-33)18-20-5-7-27-8-6-20/h1-8,17H,9-16,18-19H2,(H,28,29,34). The van der Waals surface area contributed by atoms with Gasteiger partial charge in [-0.05, 0) is 29.8 Å². The number of halogens is 1. The Morgan fingerprint density at radius 2 is 1.47 bits per heavy atom. The summed E-state index contributed by atoms with van der Waals surface area (Å²) in [6.07, 6.45) is 3.65. The fourth-order valence-corrected chi connectivity index (χ4v) is 4.67. The van der Waals surface area contributed by atoms with Crippen LogP contribution in [0.1, 0.15) is 11.3 Å². The molecular formula is C25H30FN7O. The van der Waals surface area contributed by atoms with Gasteiger partial charge in [0.2, 0.25) is 5.95 Å². The fourth-order valence-electron chi connectivity index (χ4n) is 4.67. The molecule has 9 heteroatoms. The van der Waals surface area contributed by atoms with Crippen molar-refractivity contribution in [3.8, 4) is 0 Å². The molecule has 4 heterocycles. The molecule has 2 saturated heterocycles. The lowest BCUT2D eigenvalue weighted by Gasteiger charge is -2.36. The van der Waals surface area contributed by atoms with E-state index in [1.165, 1.54) is 11.6 Å². The monoisotopic (exact) mass is 463 g/mol. The predicted octanol–water partition coefficient (Wildman–Crippen LogP) is 1.95. The van der Waals surface area contributed by atoms with Crippen LogP contribution in [0.5, 0.6) is 0 Å². The first-order valence-corrected chi connectivity index (χ1v) is 11.8. The van der Waals surface area contributed by atoms with E-state index < -0.39 is 0 Å². The lowest BCUT2D eigenvalue weighted by Crippen LogP contribution is -2.47. The van der Waals surface area contributed by atoms with Crippen LogP contribution in [-0.2, 0) is 13.1 Å². The molecule has 5 rings (SSSR count). The highest BCUT2D eigenvalue weighted by molar-refractivity contribution is 5.48. The maximum absolute atomic E-state index is 14.1. The predicted molar refractivity (Wildman–Crippen MR) is 130 cm³/mol. The number of nitrogens with one attached hydrogen (secondary N) is 1. The maximum Gasteiger partial charge on any atom is 0.252 e. The van der Waals surface area contributed by atoms with E-state index in [1.54, 1.807) is 12.1 Å². The molecular weight excluding hydrogens is 433 g/mol. The van der Waals surface area contributed by atoms with E-state index in [2.05, 4.69) is 29.6 Å². The Labute approximate surface area is 198 Å². The van der Waals surface area contributed by atoms with Crippen LogP contribution in [0.4, 0.5) is 16.0 Å². The van der Waals surface area contributed by atoms with Gasteiger partial charge in [0, 0.05) is 83.9 Å². The normalized spacial score (nSPS) is 17.8. The van der Waals surface area contributed by atoms with Crippen LogP contribution in [0, 0.1) is 5.82 Å². The molecule has 178 valence electrons. The van der Waals surface area contributed by atoms with Gasteiger partial charge < -0.3 is 9.80 Å². The minimum atomic E-state index is -0.183. The first-order valence-electron chi connectivity index (χ1n) is 11.8. The fraction of sp³-hybridized carbons (Fsp3) is 0.400. The SMILES string of the molecule is O=c1cc(CN2CCN(c3ccccc3F)CC2)nc(N2CCN(Cc3ccncc3)CC2)[nH]1. The molecule has 0 atom stereocenters. The van der Waals surface area contributed by atoms with Gasteiger partial charge in [-0.3, -0.25) is 24.6 Å². The highest BCUT2D eigenvalue weighted by atomic mass is 19.1. The van der Waals surface area contributed by atoms with E-state index in [4.69, 9.17) is 4.98 Å². The number of piperazine rings is 2. The lowest BCUT2D eigenvalue weighted by molar-refractivity contribution is 0.244. The molecule has 2 aromatic heterocycles. The zero-order valence-corrected chi connectivity index (χ0v) is 19.2. The van der Waals surface area contributed by atoms with Crippen molar-refractivity contribution in [2.75, 3.05) is 62.2 Å². The maximum atomic E-state index is 14.1. The summed E-state index contributed by atoms with van der Waals surface area (Å²) in [5.74, 6) is 0.466. The van der Waals surface area contributed by atoms with Gasteiger partial charge in [-0.2, -0.15) is 0 Å². The van der Waals surface area contributed by atoms with Gasteiger partial charge in [0.05, 0.1) is 11.4 Å². The number of aromatic nitrogens is 3. The van der Waals surface area contributed by atoms with Gasteiger partial charge in [-0.1, -0.05) is 12.1 Å². The van der Waals surface area contributed by atoms with Gasteiger partial charge in [0.25, 0.3) is 5.56 Å². The number of benzene rings is 1. The number of hydrogen-bond acceptors (Lipinski definition) is 7. The Morgan fingerprint density at radius 1 is 0.824 bits per heavy atom. The molecule has 0 saturated carbocycles. The molecule has 0 radical (unpaired) electrons. The van der Waals surface area contributed by atoms with Crippen LogP contribution in [0.2, 0.25) is 0 Å². The van der Waals surface area contributed by atoms with Gasteiger partial charge in [-0.25, -0.2) is 9.37 Å². The summed E-state index contributed by atoms with van der Waals surface area (Å²) in [5, 5.41) is 0. The molecule has 34 heavy (non-hydrogen) atoms. The van der Waals surface area contributed by atoms with Crippen LogP contribution < -0.4 is 15.4 Å². The quantitative estimate of drug-likeness (QED) is 0.599. The van der Waals surface area contributed by atoms with Crippen molar-refractivity contribution >= 4 is 11.6 Å². The Kier molecular flexibility index (Phi) is 6.82. The number of H-pyrrole nitrogens is 1. The van der Waals surface area contributed by atoms with Crippen LogP contribution in [0.25, 0.3) is 0 Å². The van der Waals surface area contributed by atoms with Crippen molar-refractivity contribution in [3.63, 3.8) is 0 Å². The van der Waals surface area contributed by atoms with Crippen molar-refractivity contribution in [2.45, 2.75) is 13.1 Å². The molecule has 0 amide bonds. The third kappa shape index (κ3) is 5.43. The van der Waals surface area contributed by atoms with E-state index in [-0.39, 0.29) is 11.4 Å². The molecule has 0 spiro atoms. The Morgan fingerprint density at radius 3 is 2.18 bits per heavy atom. The first-order chi connectivity index (χ1) is 16.6. The van der Waals surface area contributed by atoms with Crippen molar-refractivity contribution in [1.29, 1.82) is 0 Å². The zero-order valence-electron chi connectivity index (χ0n) is 19.2. The molecule has 2 fully saturated rings. The number of rotatable bonds is 6. The van der Waals surface area contributed by atoms with Crippen LogP contribution in [0.15, 0.2) is 59.7 Å². The number of nitrogens with zero attached hydrogens (tertiary/aromatic N) is 6. The van der Waals surface area contributed by atoms with Gasteiger partial charge in [0.1, 0.15) is 5.82 Å². The van der Waals surface area contributed by atoms with Crippen molar-refractivity contribution in [2.24, 2.45) is 0 Å². The summed E-state index contributed by atoms with van der Waals surface area (Å²) in [4.78, 5) is 33.1. The second-order valence-electron chi connectivity index (χ2n) is 8.89. The highest BCUT2D eigenvalue weighted by Gasteiger charge is 2.22. The Bertz CT molecular complexity index is 1140. The summed E-state index contributed by atoms with van der Waals surface area (Å²) >= 11 is 0. The van der Waals surface area contributed by atoms with Crippen molar-refractivity contribution < 1.29 is 4.39 Å². The van der Waals surface area contributed by atoms with Crippen LogP contribution in [-0.4, -0.2) is 77.1 Å². The van der Waals surface area contributed by atoms with Gasteiger partial charge in [0.15, 0.2) is 0 Å². The summed E-state index contributed by atoms with van der Waals surface area (Å²) in [6, 6.07) is 12.6. The lowest BCUT2D eigenvalue weighted by atomic mass is 10.2. The second-order valence-corrected chi connectivity index (χ2v) is 8.89. The molecule has 1 N–H and O–H groups in total. The van der Waals surface area contributed by atoms with E-state index in [9.17, 15) is 9.18 Å². The molecule has 0 aliphatic carbocycles. The van der Waals surface area contributed by atoms with E-state index >= 15 is 0 Å². The summed E-state index contributed by atoms with van der Waals surface area (Å²) in [6.45, 7) is 8.06. The van der Waals surface area contributed by atoms with Crippen LogP contribution >= 0.6 is 0 Å². The summed E-state index contributed by atoms with van der Waals surface area (Å²) in [7, 11) is 0. The average molecular weight is 464 g/mol. The van der Waals surface area contributed by atoms with Gasteiger partial charge in [-0.15, -0.1) is 0 Å². The third-order valence-electron chi connectivity index (χ3n) is 6.56. The van der Waals surface area contributed by atoms with Gasteiger partial charge >= 0.3 is 0 Å². The highest BCUT2D eigenvalue weighted by Crippen LogP contribution is 2.21. The first kappa shape index (κ1) is 22.5. The number of anilines is 2. The smallest absolute Gasteiger partial charge is 0.252 e. The third-order valence-corrected chi connectivity index (χ3v) is 6.56. The number of aromatic amines is 1. The molecule has 1 aromatic carbocycles. The zero-order chi connectivity index (χ0) is 23.3. The largest absolute Gasteiger partial charge is 0.367 e. The Balaban J connectivity index is 1.16. The number of pyridine rings is 1. The van der Waals surface area contributed by atoms with E-state index in [1.807, 2.05) is 36.7 Å².